The minimum absolute atomic E-state index is 0.174. The minimum Gasteiger partial charge on any atom is -0.478 e. The van der Waals surface area contributed by atoms with Gasteiger partial charge in [-0.2, -0.15) is 5.10 Å². The number of halogens is 1. The molecule has 4 nitrogen and oxygen atoms in total. The van der Waals surface area contributed by atoms with E-state index >= 15 is 0 Å². The number of aromatic amines is 1. The largest absolute Gasteiger partial charge is 0.478 e. The molecule has 0 fully saturated rings. The number of carboxylic acid groups (broad SMARTS) is 1. The summed E-state index contributed by atoms with van der Waals surface area (Å²) in [4.78, 5) is 11.9. The van der Waals surface area contributed by atoms with Gasteiger partial charge in [0.2, 0.25) is 0 Å². The monoisotopic (exact) mass is 278 g/mol. The number of carboxylic acids is 1. The number of carbonyl (C=O) groups is 1. The lowest BCUT2D eigenvalue weighted by Gasteiger charge is -1.93. The zero-order chi connectivity index (χ0) is 12.7. The number of nitrogens with one attached hydrogen (secondary N) is 1. The van der Waals surface area contributed by atoms with Crippen LogP contribution in [0.1, 0.15) is 10.4 Å². The molecule has 0 saturated carbocycles. The molecule has 3 rings (SSSR count). The van der Waals surface area contributed by atoms with E-state index < -0.39 is 5.97 Å². The van der Waals surface area contributed by atoms with Crippen LogP contribution in [-0.4, -0.2) is 21.3 Å². The lowest BCUT2D eigenvalue weighted by molar-refractivity contribution is 0.0698. The lowest BCUT2D eigenvalue weighted by Crippen LogP contribution is -1.95. The summed E-state index contributed by atoms with van der Waals surface area (Å²) in [5.41, 5.74) is 0.701. The van der Waals surface area contributed by atoms with Gasteiger partial charge in [0.15, 0.2) is 0 Å². The van der Waals surface area contributed by atoms with Gasteiger partial charge in [0, 0.05) is 9.72 Å². The van der Waals surface area contributed by atoms with Crippen LogP contribution in [0.25, 0.3) is 20.7 Å². The number of aromatic nitrogens is 2. The van der Waals surface area contributed by atoms with Crippen LogP contribution in [-0.2, 0) is 0 Å². The van der Waals surface area contributed by atoms with Gasteiger partial charge in [0.1, 0.15) is 5.56 Å². The number of benzene rings is 1. The third kappa shape index (κ3) is 1.77. The quantitative estimate of drug-likeness (QED) is 0.752. The van der Waals surface area contributed by atoms with Crippen LogP contribution in [0, 0.1) is 0 Å². The number of hydrogen-bond donors (Lipinski definition) is 2. The van der Waals surface area contributed by atoms with E-state index in [2.05, 4.69) is 10.2 Å². The van der Waals surface area contributed by atoms with E-state index in [0.717, 1.165) is 15.0 Å². The van der Waals surface area contributed by atoms with Crippen LogP contribution in [0.4, 0.5) is 0 Å². The Morgan fingerprint density at radius 1 is 1.39 bits per heavy atom. The molecule has 0 spiro atoms. The molecule has 0 bridgehead atoms. The summed E-state index contributed by atoms with van der Waals surface area (Å²) in [5.74, 6) is -0.991. The van der Waals surface area contributed by atoms with E-state index in [0.29, 0.717) is 10.7 Å². The van der Waals surface area contributed by atoms with Crippen molar-refractivity contribution in [1.82, 2.24) is 10.2 Å². The average Bonchev–Trinajstić information content (AvgIpc) is 2.93. The molecule has 0 unspecified atom stereocenters. The molecule has 0 aliphatic rings. The van der Waals surface area contributed by atoms with Crippen LogP contribution >= 0.6 is 22.9 Å². The Labute approximate surface area is 111 Å². The van der Waals surface area contributed by atoms with Crippen LogP contribution in [0.15, 0.2) is 30.5 Å². The third-order valence-electron chi connectivity index (χ3n) is 2.59. The SMILES string of the molecule is O=C(O)c1cn[nH]c1-c1cc2cc(Cl)ccc2s1. The molecule has 0 radical (unpaired) electrons. The topological polar surface area (TPSA) is 66.0 Å². The van der Waals surface area contributed by atoms with Crippen molar-refractivity contribution in [2.45, 2.75) is 0 Å². The highest BCUT2D eigenvalue weighted by Crippen LogP contribution is 2.35. The number of aromatic carboxylic acids is 1. The second-order valence-corrected chi connectivity index (χ2v) is 5.28. The van der Waals surface area contributed by atoms with Crippen molar-refractivity contribution in [2.75, 3.05) is 0 Å². The van der Waals surface area contributed by atoms with E-state index in [4.69, 9.17) is 16.7 Å². The van der Waals surface area contributed by atoms with Gasteiger partial charge in [-0.05, 0) is 29.7 Å². The van der Waals surface area contributed by atoms with Gasteiger partial charge in [0.25, 0.3) is 0 Å². The van der Waals surface area contributed by atoms with E-state index in [-0.39, 0.29) is 5.56 Å². The molecule has 0 aliphatic carbocycles. The Morgan fingerprint density at radius 2 is 2.22 bits per heavy atom. The zero-order valence-electron chi connectivity index (χ0n) is 8.98. The standard InChI is InChI=1S/C12H7ClN2O2S/c13-7-1-2-9-6(3-7)4-10(18-9)11-8(12(16)17)5-14-15-11/h1-5H,(H,14,15)(H,16,17). The molecular weight excluding hydrogens is 272 g/mol. The smallest absolute Gasteiger partial charge is 0.339 e. The van der Waals surface area contributed by atoms with Gasteiger partial charge >= 0.3 is 5.97 Å². The first kappa shape index (κ1) is 11.3. The maximum atomic E-state index is 11.0. The Kier molecular flexibility index (Phi) is 2.57. The Bertz CT molecular complexity index is 747. The normalized spacial score (nSPS) is 10.9. The van der Waals surface area contributed by atoms with E-state index in [1.54, 1.807) is 0 Å². The second kappa shape index (κ2) is 4.12. The minimum atomic E-state index is -0.991. The third-order valence-corrected chi connectivity index (χ3v) is 3.96. The highest BCUT2D eigenvalue weighted by molar-refractivity contribution is 7.22. The van der Waals surface area contributed by atoms with Crippen molar-refractivity contribution in [2.24, 2.45) is 0 Å². The van der Waals surface area contributed by atoms with Gasteiger partial charge < -0.3 is 5.11 Å². The molecular formula is C12H7ClN2O2S. The molecule has 18 heavy (non-hydrogen) atoms. The van der Waals surface area contributed by atoms with Crippen molar-refractivity contribution in [3.05, 3.63) is 41.0 Å². The van der Waals surface area contributed by atoms with E-state index in [9.17, 15) is 4.79 Å². The van der Waals surface area contributed by atoms with Crippen molar-refractivity contribution in [3.8, 4) is 10.6 Å². The van der Waals surface area contributed by atoms with Crippen LogP contribution in [0.3, 0.4) is 0 Å². The van der Waals surface area contributed by atoms with E-state index in [1.165, 1.54) is 17.5 Å². The number of rotatable bonds is 2. The fourth-order valence-electron chi connectivity index (χ4n) is 1.77. The summed E-state index contributed by atoms with van der Waals surface area (Å²) in [6, 6.07) is 7.50. The molecule has 6 heteroatoms. The van der Waals surface area contributed by atoms with Crippen molar-refractivity contribution >= 4 is 39.0 Å². The molecule has 2 aromatic heterocycles. The molecule has 3 aromatic rings. The number of thiophene rings is 1. The Morgan fingerprint density at radius 3 is 3.00 bits per heavy atom. The van der Waals surface area contributed by atoms with Crippen molar-refractivity contribution < 1.29 is 9.90 Å². The number of hydrogen-bond acceptors (Lipinski definition) is 3. The summed E-state index contributed by atoms with van der Waals surface area (Å²) in [6.45, 7) is 0. The van der Waals surface area contributed by atoms with Crippen molar-refractivity contribution in [1.29, 1.82) is 0 Å². The van der Waals surface area contributed by atoms with E-state index in [1.807, 2.05) is 24.3 Å². The molecule has 0 amide bonds. The van der Waals surface area contributed by atoms with Gasteiger partial charge in [-0.1, -0.05) is 11.6 Å². The number of H-pyrrole nitrogens is 1. The van der Waals surface area contributed by atoms with Crippen LogP contribution in [0.2, 0.25) is 5.02 Å². The molecule has 0 saturated heterocycles. The highest BCUT2D eigenvalue weighted by Gasteiger charge is 2.16. The summed E-state index contributed by atoms with van der Waals surface area (Å²) >= 11 is 7.43. The summed E-state index contributed by atoms with van der Waals surface area (Å²) < 4.78 is 1.06. The fraction of sp³-hybridized carbons (Fsp3) is 0. The molecule has 0 atom stereocenters. The first-order valence-corrected chi connectivity index (χ1v) is 6.31. The first-order valence-electron chi connectivity index (χ1n) is 5.11. The van der Waals surface area contributed by atoms with Crippen LogP contribution < -0.4 is 0 Å². The van der Waals surface area contributed by atoms with Gasteiger partial charge in [-0.25, -0.2) is 4.79 Å². The highest BCUT2D eigenvalue weighted by atomic mass is 35.5. The molecule has 90 valence electrons. The van der Waals surface area contributed by atoms with Crippen molar-refractivity contribution in [3.63, 3.8) is 0 Å². The second-order valence-electron chi connectivity index (χ2n) is 3.76. The summed E-state index contributed by atoms with van der Waals surface area (Å²) in [6.07, 6.45) is 1.31. The molecule has 1 aromatic carbocycles. The van der Waals surface area contributed by atoms with Gasteiger partial charge in [-0.15, -0.1) is 11.3 Å². The maximum Gasteiger partial charge on any atom is 0.339 e. The number of nitrogens with zero attached hydrogens (tertiary/aromatic N) is 1. The fourth-order valence-corrected chi connectivity index (χ4v) is 3.01. The zero-order valence-corrected chi connectivity index (χ0v) is 10.5. The average molecular weight is 279 g/mol. The maximum absolute atomic E-state index is 11.0. The summed E-state index contributed by atoms with van der Waals surface area (Å²) in [7, 11) is 0. The molecule has 2 heterocycles. The number of fused-ring (bicyclic) bond motifs is 1. The molecule has 2 N–H and O–H groups in total. The summed E-state index contributed by atoms with van der Waals surface area (Å²) in [5, 5.41) is 17.2. The first-order chi connectivity index (χ1) is 8.65. The Balaban J connectivity index is 2.19. The van der Waals surface area contributed by atoms with Crippen LogP contribution in [0.5, 0.6) is 0 Å². The van der Waals surface area contributed by atoms with Gasteiger partial charge in [-0.3, -0.25) is 5.10 Å². The molecule has 0 aliphatic heterocycles. The predicted molar refractivity (Wildman–Crippen MR) is 71.4 cm³/mol. The predicted octanol–water partition coefficient (Wildman–Crippen LogP) is 3.64. The lowest BCUT2D eigenvalue weighted by atomic mass is 10.2. The Hall–Kier alpha value is -1.85. The van der Waals surface area contributed by atoms with Gasteiger partial charge in [0.05, 0.1) is 16.8 Å².